The predicted octanol–water partition coefficient (Wildman–Crippen LogP) is 4.12. The van der Waals surface area contributed by atoms with Crippen LogP contribution >= 0.6 is 0 Å². The van der Waals surface area contributed by atoms with Gasteiger partial charge in [0.25, 0.3) is 5.56 Å². The first kappa shape index (κ1) is 31.4. The van der Waals surface area contributed by atoms with Gasteiger partial charge < -0.3 is 15.2 Å². The van der Waals surface area contributed by atoms with Crippen molar-refractivity contribution in [3.05, 3.63) is 50.7 Å². The molecule has 1 unspecified atom stereocenters. The Hall–Kier alpha value is -3.82. The number of ether oxygens (including phenoxy) is 1. The molecule has 0 saturated carbocycles. The fourth-order valence-electron chi connectivity index (χ4n) is 3.97. The molecule has 0 aliphatic carbocycles. The Morgan fingerprint density at radius 2 is 1.92 bits per heavy atom. The first-order chi connectivity index (χ1) is 18.4. The maximum atomic E-state index is 12.7. The van der Waals surface area contributed by atoms with Gasteiger partial charge in [0, 0.05) is 19.5 Å². The van der Waals surface area contributed by atoms with Crippen molar-refractivity contribution in [3.8, 4) is 11.8 Å². The quantitative estimate of drug-likeness (QED) is 0.296. The summed E-state index contributed by atoms with van der Waals surface area (Å²) >= 11 is 0. The smallest absolute Gasteiger partial charge is 0.389 e. The number of carbonyl (C=O) groups is 1. The van der Waals surface area contributed by atoms with Gasteiger partial charge in [-0.15, -0.1) is 5.10 Å². The Bertz CT molecular complexity index is 1270. The molecule has 0 radical (unpaired) electrons. The number of carboxylic acid groups (broad SMARTS) is 1. The maximum Gasteiger partial charge on any atom is 0.389 e. The molecule has 0 aliphatic heterocycles. The number of hydrogen-bond donors (Lipinski definition) is 2. The Balaban J connectivity index is 2.01. The third-order valence-electron chi connectivity index (χ3n) is 6.00. The number of benzene rings is 1. The second-order valence-corrected chi connectivity index (χ2v) is 9.36. The van der Waals surface area contributed by atoms with Crippen molar-refractivity contribution < 1.29 is 27.8 Å². The first-order valence-corrected chi connectivity index (χ1v) is 12.8. The second kappa shape index (κ2) is 14.4. The molecule has 214 valence electrons. The van der Waals surface area contributed by atoms with E-state index < -0.39 is 48.4 Å². The fraction of sp³-hybridized carbons (Fsp3) is 0.577. The van der Waals surface area contributed by atoms with Crippen LogP contribution in [-0.2, 0) is 24.3 Å². The number of rotatable bonds is 16. The van der Waals surface area contributed by atoms with E-state index in [0.717, 1.165) is 10.2 Å². The summed E-state index contributed by atoms with van der Waals surface area (Å²) < 4.78 is 45.0. The topological polar surface area (TPSA) is 139 Å². The van der Waals surface area contributed by atoms with E-state index in [2.05, 4.69) is 10.4 Å². The molecule has 1 atom stereocenters. The molecule has 2 rings (SSSR count). The van der Waals surface area contributed by atoms with Gasteiger partial charge in [-0.25, -0.2) is 14.3 Å². The predicted molar refractivity (Wildman–Crippen MR) is 138 cm³/mol. The van der Waals surface area contributed by atoms with Crippen LogP contribution in [0.15, 0.2) is 33.9 Å². The van der Waals surface area contributed by atoms with Crippen molar-refractivity contribution in [2.45, 2.75) is 90.1 Å². The Morgan fingerprint density at radius 3 is 2.56 bits per heavy atom. The minimum absolute atomic E-state index is 0.0556. The largest absolute Gasteiger partial charge is 0.478 e. The van der Waals surface area contributed by atoms with Gasteiger partial charge in [-0.3, -0.25) is 9.36 Å². The summed E-state index contributed by atoms with van der Waals surface area (Å²) in [6, 6.07) is 9.04. The summed E-state index contributed by atoms with van der Waals surface area (Å²) in [7, 11) is 0. The number of hydrogen-bond acceptors (Lipinski definition) is 7. The second-order valence-electron chi connectivity index (χ2n) is 9.36. The van der Waals surface area contributed by atoms with E-state index in [1.165, 1.54) is 0 Å². The van der Waals surface area contributed by atoms with Crippen LogP contribution in [0.25, 0.3) is 0 Å². The highest BCUT2D eigenvalue weighted by atomic mass is 19.4. The SMILES string of the molecule is CCCC(C)(Oc1cccc(CCCCNc2nn(CCC#N)c(=O)n(CCCC(F)(F)F)c2=O)c1)C(=O)O. The molecule has 13 heteroatoms. The zero-order valence-corrected chi connectivity index (χ0v) is 22.1. The molecule has 10 nitrogen and oxygen atoms in total. The molecular formula is C26H34F3N5O5. The highest BCUT2D eigenvalue weighted by Crippen LogP contribution is 2.25. The number of unbranched alkanes of at least 4 members (excludes halogenated alkanes) is 1. The lowest BCUT2D eigenvalue weighted by atomic mass is 10.0. The molecule has 39 heavy (non-hydrogen) atoms. The van der Waals surface area contributed by atoms with Crippen LogP contribution < -0.4 is 21.3 Å². The van der Waals surface area contributed by atoms with Gasteiger partial charge in [-0.2, -0.15) is 18.4 Å². The van der Waals surface area contributed by atoms with Crippen LogP contribution in [0, 0.1) is 11.3 Å². The minimum atomic E-state index is -4.41. The number of nitrogens with one attached hydrogen (secondary N) is 1. The van der Waals surface area contributed by atoms with Gasteiger partial charge in [-0.1, -0.05) is 25.5 Å². The van der Waals surface area contributed by atoms with E-state index in [9.17, 15) is 32.7 Å². The highest BCUT2D eigenvalue weighted by molar-refractivity contribution is 5.77. The van der Waals surface area contributed by atoms with E-state index in [1.54, 1.807) is 25.1 Å². The van der Waals surface area contributed by atoms with Crippen LogP contribution in [-0.4, -0.2) is 43.7 Å². The monoisotopic (exact) mass is 553 g/mol. The average molecular weight is 554 g/mol. The number of halogens is 3. The van der Waals surface area contributed by atoms with Gasteiger partial charge >= 0.3 is 17.8 Å². The van der Waals surface area contributed by atoms with Gasteiger partial charge in [0.2, 0.25) is 11.4 Å². The van der Waals surface area contributed by atoms with E-state index in [1.807, 2.05) is 19.1 Å². The molecule has 0 saturated heterocycles. The molecule has 2 aromatic rings. The minimum Gasteiger partial charge on any atom is -0.478 e. The van der Waals surface area contributed by atoms with Crippen molar-refractivity contribution in [3.63, 3.8) is 0 Å². The summed E-state index contributed by atoms with van der Waals surface area (Å²) in [5, 5.41) is 25.2. The third-order valence-corrected chi connectivity index (χ3v) is 6.00. The number of anilines is 1. The number of nitriles is 1. The van der Waals surface area contributed by atoms with Gasteiger partial charge in [0.15, 0.2) is 0 Å². The van der Waals surface area contributed by atoms with Crippen LogP contribution in [0.1, 0.15) is 64.4 Å². The zero-order chi connectivity index (χ0) is 29.1. The maximum absolute atomic E-state index is 12.7. The zero-order valence-electron chi connectivity index (χ0n) is 22.1. The van der Waals surface area contributed by atoms with Crippen LogP contribution in [0.3, 0.4) is 0 Å². The normalized spacial score (nSPS) is 12.9. The Labute approximate surface area is 224 Å². The Morgan fingerprint density at radius 1 is 1.18 bits per heavy atom. The summed E-state index contributed by atoms with van der Waals surface area (Å²) in [5.41, 5.74) is -2.06. The summed E-state index contributed by atoms with van der Waals surface area (Å²) in [6.07, 6.45) is -3.09. The lowest BCUT2D eigenvalue weighted by molar-refractivity contribution is -0.154. The highest BCUT2D eigenvalue weighted by Gasteiger charge is 2.34. The standard InChI is InChI=1S/C26H34F3N5O5/c1-3-12-25(2,23(36)37)39-20-11-6-10-19(18-20)9-4-5-15-31-21-22(35)33(16-7-13-26(27,28)29)24(38)34(32-21)17-8-14-30/h6,10-11,18H,3-5,7-9,12-13,15-17H2,1-2H3,(H,31,32)(H,36,37). The number of aryl methyl sites for hydroxylation is 2. The molecule has 1 heterocycles. The van der Waals surface area contributed by atoms with E-state index >= 15 is 0 Å². The van der Waals surface area contributed by atoms with E-state index in [-0.39, 0.29) is 18.8 Å². The summed E-state index contributed by atoms with van der Waals surface area (Å²) in [4.78, 5) is 36.9. The van der Waals surface area contributed by atoms with Crippen molar-refractivity contribution in [2.75, 3.05) is 11.9 Å². The van der Waals surface area contributed by atoms with Crippen molar-refractivity contribution in [2.24, 2.45) is 0 Å². The molecule has 0 spiro atoms. The number of aliphatic carboxylic acids is 1. The summed E-state index contributed by atoms with van der Waals surface area (Å²) in [5.74, 6) is -0.745. The number of nitrogens with zero attached hydrogens (tertiary/aromatic N) is 4. The van der Waals surface area contributed by atoms with E-state index in [4.69, 9.17) is 10.00 Å². The lowest BCUT2D eigenvalue weighted by Gasteiger charge is -2.26. The number of aromatic nitrogens is 3. The van der Waals surface area contributed by atoms with Gasteiger partial charge in [0.05, 0.1) is 19.0 Å². The van der Waals surface area contributed by atoms with Crippen molar-refractivity contribution in [1.82, 2.24) is 14.3 Å². The molecule has 1 aromatic carbocycles. The first-order valence-electron chi connectivity index (χ1n) is 12.8. The summed E-state index contributed by atoms with van der Waals surface area (Å²) in [6.45, 7) is 3.22. The van der Waals surface area contributed by atoms with Crippen LogP contribution in [0.4, 0.5) is 19.0 Å². The van der Waals surface area contributed by atoms with Crippen LogP contribution in [0.2, 0.25) is 0 Å². The van der Waals surface area contributed by atoms with Gasteiger partial charge in [-0.05, 0) is 56.7 Å². The van der Waals surface area contributed by atoms with Gasteiger partial charge in [0.1, 0.15) is 5.75 Å². The molecule has 0 aliphatic rings. The molecular weight excluding hydrogens is 519 g/mol. The van der Waals surface area contributed by atoms with E-state index in [0.29, 0.717) is 49.0 Å². The number of carboxylic acids is 1. The molecule has 1 aromatic heterocycles. The van der Waals surface area contributed by atoms with Crippen molar-refractivity contribution >= 4 is 11.8 Å². The third kappa shape index (κ3) is 9.77. The number of alkyl halides is 3. The molecule has 2 N–H and O–H groups in total. The molecule has 0 bridgehead atoms. The average Bonchev–Trinajstić information content (AvgIpc) is 2.86. The Kier molecular flexibility index (Phi) is 11.6. The molecule has 0 amide bonds. The fourth-order valence-corrected chi connectivity index (χ4v) is 3.97. The van der Waals surface area contributed by atoms with Crippen molar-refractivity contribution in [1.29, 1.82) is 5.26 Å². The van der Waals surface area contributed by atoms with Crippen LogP contribution in [0.5, 0.6) is 5.75 Å². The molecule has 0 fully saturated rings. The lowest BCUT2D eigenvalue weighted by Crippen LogP contribution is -2.43.